The van der Waals surface area contributed by atoms with Crippen molar-refractivity contribution in [3.63, 3.8) is 0 Å². The van der Waals surface area contributed by atoms with Crippen LogP contribution in [0.5, 0.6) is 0 Å². The fourth-order valence-electron chi connectivity index (χ4n) is 1.59. The molecule has 0 aliphatic carbocycles. The summed E-state index contributed by atoms with van der Waals surface area (Å²) in [7, 11) is -3.51. The van der Waals surface area contributed by atoms with Crippen LogP contribution in [0.4, 0.5) is 0 Å². The maximum atomic E-state index is 11.9. The van der Waals surface area contributed by atoms with Crippen LogP contribution in [0.15, 0.2) is 29.2 Å². The molecule has 6 nitrogen and oxygen atoms in total. The molecule has 118 valence electrons. The van der Waals surface area contributed by atoms with Gasteiger partial charge >= 0.3 is 0 Å². The third kappa shape index (κ3) is 5.11. The monoisotopic (exact) mass is 314 g/mol. The van der Waals surface area contributed by atoms with Crippen LogP contribution in [0, 0.1) is 5.92 Å². The highest BCUT2D eigenvalue weighted by Crippen LogP contribution is 2.10. The molecule has 0 spiro atoms. The summed E-state index contributed by atoms with van der Waals surface area (Å²) >= 11 is 0. The van der Waals surface area contributed by atoms with Gasteiger partial charge < -0.3 is 10.4 Å². The van der Waals surface area contributed by atoms with Gasteiger partial charge in [0, 0.05) is 18.7 Å². The molecule has 0 radical (unpaired) electrons. The van der Waals surface area contributed by atoms with Gasteiger partial charge in [0.1, 0.15) is 0 Å². The van der Waals surface area contributed by atoms with Gasteiger partial charge in [0.2, 0.25) is 10.0 Å². The topological polar surface area (TPSA) is 95.5 Å². The van der Waals surface area contributed by atoms with Gasteiger partial charge in [-0.15, -0.1) is 0 Å². The van der Waals surface area contributed by atoms with Crippen molar-refractivity contribution in [2.75, 3.05) is 13.1 Å². The Morgan fingerprint density at radius 2 is 1.81 bits per heavy atom. The van der Waals surface area contributed by atoms with E-state index in [9.17, 15) is 18.3 Å². The summed E-state index contributed by atoms with van der Waals surface area (Å²) in [6.45, 7) is 5.87. The molecule has 0 bridgehead atoms. The molecule has 0 aliphatic rings. The molecular weight excluding hydrogens is 292 g/mol. The summed E-state index contributed by atoms with van der Waals surface area (Å²) in [5, 5.41) is 12.2. The molecule has 1 unspecified atom stereocenters. The SMILES string of the molecule is CCNS(=O)(=O)c1ccc(C(=O)NCC(O)C(C)C)cc1. The molecule has 0 aliphatic heterocycles. The standard InChI is InChI=1S/C14H22N2O4S/c1-4-16-21(19,20)12-7-5-11(6-8-12)14(18)15-9-13(17)10(2)3/h5-8,10,13,16-17H,4,9H2,1-3H3,(H,15,18). The third-order valence-corrected chi connectivity index (χ3v) is 4.56. The average Bonchev–Trinajstić information content (AvgIpc) is 2.44. The lowest BCUT2D eigenvalue weighted by Crippen LogP contribution is -2.34. The molecular formula is C14H22N2O4S. The Labute approximate surface area is 125 Å². The van der Waals surface area contributed by atoms with Crippen molar-refractivity contribution in [2.24, 2.45) is 5.92 Å². The lowest BCUT2D eigenvalue weighted by molar-refractivity contribution is 0.0871. The Morgan fingerprint density at radius 1 is 1.24 bits per heavy atom. The normalized spacial score (nSPS) is 13.2. The van der Waals surface area contributed by atoms with E-state index >= 15 is 0 Å². The second-order valence-corrected chi connectivity index (χ2v) is 6.81. The Kier molecular flexibility index (Phi) is 6.32. The van der Waals surface area contributed by atoms with Crippen LogP contribution in [0.3, 0.4) is 0 Å². The van der Waals surface area contributed by atoms with Crippen LogP contribution in [-0.4, -0.2) is 38.6 Å². The highest BCUT2D eigenvalue weighted by Gasteiger charge is 2.15. The minimum absolute atomic E-state index is 0.0536. The number of sulfonamides is 1. The molecule has 1 amide bonds. The maximum Gasteiger partial charge on any atom is 0.251 e. The first-order valence-corrected chi connectivity index (χ1v) is 8.32. The minimum atomic E-state index is -3.51. The molecule has 1 atom stereocenters. The molecule has 21 heavy (non-hydrogen) atoms. The summed E-state index contributed by atoms with van der Waals surface area (Å²) < 4.78 is 25.9. The zero-order valence-electron chi connectivity index (χ0n) is 12.5. The van der Waals surface area contributed by atoms with Crippen LogP contribution in [-0.2, 0) is 10.0 Å². The number of hydrogen-bond acceptors (Lipinski definition) is 4. The van der Waals surface area contributed by atoms with Crippen molar-refractivity contribution in [3.05, 3.63) is 29.8 Å². The molecule has 1 aromatic rings. The molecule has 0 aromatic heterocycles. The van der Waals surface area contributed by atoms with E-state index < -0.39 is 16.1 Å². The quantitative estimate of drug-likeness (QED) is 0.691. The summed E-state index contributed by atoms with van der Waals surface area (Å²) in [5.74, 6) is -0.292. The van der Waals surface area contributed by atoms with Gasteiger partial charge in [0.15, 0.2) is 0 Å². The average molecular weight is 314 g/mol. The number of amides is 1. The van der Waals surface area contributed by atoms with Crippen LogP contribution < -0.4 is 10.0 Å². The van der Waals surface area contributed by atoms with Crippen LogP contribution >= 0.6 is 0 Å². The summed E-state index contributed by atoms with van der Waals surface area (Å²) in [5.41, 5.74) is 0.349. The van der Waals surface area contributed by atoms with Gasteiger partial charge in [-0.1, -0.05) is 20.8 Å². The predicted octanol–water partition coefficient (Wildman–Crippen LogP) is 0.731. The number of carbonyl (C=O) groups excluding carboxylic acids is 1. The van der Waals surface area contributed by atoms with Crippen LogP contribution in [0.1, 0.15) is 31.1 Å². The Hall–Kier alpha value is -1.44. The molecule has 7 heteroatoms. The van der Waals surface area contributed by atoms with Gasteiger partial charge in [-0.05, 0) is 30.2 Å². The Bertz CT molecular complexity index is 567. The molecule has 0 heterocycles. The number of benzene rings is 1. The van der Waals surface area contributed by atoms with Crippen molar-refractivity contribution in [1.82, 2.24) is 10.0 Å². The highest BCUT2D eigenvalue weighted by molar-refractivity contribution is 7.89. The molecule has 1 rings (SSSR count). The van der Waals surface area contributed by atoms with Crippen molar-refractivity contribution < 1.29 is 18.3 Å². The van der Waals surface area contributed by atoms with E-state index in [1.54, 1.807) is 6.92 Å². The van der Waals surface area contributed by atoms with E-state index in [1.165, 1.54) is 24.3 Å². The first kappa shape index (κ1) is 17.6. The highest BCUT2D eigenvalue weighted by atomic mass is 32.2. The van der Waals surface area contributed by atoms with Crippen molar-refractivity contribution in [3.8, 4) is 0 Å². The number of rotatable bonds is 7. The third-order valence-electron chi connectivity index (χ3n) is 3.00. The molecule has 3 N–H and O–H groups in total. The molecule has 0 saturated heterocycles. The lowest BCUT2D eigenvalue weighted by atomic mass is 10.1. The number of carbonyl (C=O) groups is 1. The van der Waals surface area contributed by atoms with Gasteiger partial charge in [0.05, 0.1) is 11.0 Å². The van der Waals surface area contributed by atoms with Crippen LogP contribution in [0.25, 0.3) is 0 Å². The molecule has 0 saturated carbocycles. The second-order valence-electron chi connectivity index (χ2n) is 5.05. The first-order chi connectivity index (χ1) is 9.77. The lowest BCUT2D eigenvalue weighted by Gasteiger charge is -2.15. The number of aliphatic hydroxyl groups is 1. The van der Waals surface area contributed by atoms with Crippen molar-refractivity contribution >= 4 is 15.9 Å². The van der Waals surface area contributed by atoms with Gasteiger partial charge in [-0.2, -0.15) is 0 Å². The number of aliphatic hydroxyl groups excluding tert-OH is 1. The van der Waals surface area contributed by atoms with Gasteiger partial charge in [-0.25, -0.2) is 13.1 Å². The van der Waals surface area contributed by atoms with E-state index in [0.717, 1.165) is 0 Å². The summed E-state index contributed by atoms with van der Waals surface area (Å²) in [4.78, 5) is 12.0. The molecule has 1 aromatic carbocycles. The van der Waals surface area contributed by atoms with Crippen LogP contribution in [0.2, 0.25) is 0 Å². The van der Waals surface area contributed by atoms with Gasteiger partial charge in [-0.3, -0.25) is 4.79 Å². The number of nitrogens with one attached hydrogen (secondary N) is 2. The fourth-order valence-corrected chi connectivity index (χ4v) is 2.63. The zero-order valence-corrected chi connectivity index (χ0v) is 13.3. The molecule has 0 fully saturated rings. The summed E-state index contributed by atoms with van der Waals surface area (Å²) in [6, 6.07) is 5.65. The van der Waals surface area contributed by atoms with Crippen molar-refractivity contribution in [1.29, 1.82) is 0 Å². The smallest absolute Gasteiger partial charge is 0.251 e. The second kappa shape index (κ2) is 7.53. The Balaban J connectivity index is 2.72. The van der Waals surface area contributed by atoms with E-state index in [0.29, 0.717) is 12.1 Å². The largest absolute Gasteiger partial charge is 0.391 e. The summed E-state index contributed by atoms with van der Waals surface area (Å²) in [6.07, 6.45) is -0.609. The fraction of sp³-hybridized carbons (Fsp3) is 0.500. The zero-order chi connectivity index (χ0) is 16.0. The maximum absolute atomic E-state index is 11.9. The van der Waals surface area contributed by atoms with Crippen molar-refractivity contribution in [2.45, 2.75) is 31.8 Å². The van der Waals surface area contributed by atoms with E-state index in [4.69, 9.17) is 0 Å². The minimum Gasteiger partial charge on any atom is -0.391 e. The van der Waals surface area contributed by atoms with E-state index in [2.05, 4.69) is 10.0 Å². The Morgan fingerprint density at radius 3 is 2.29 bits per heavy atom. The van der Waals surface area contributed by atoms with E-state index in [-0.39, 0.29) is 23.3 Å². The van der Waals surface area contributed by atoms with E-state index in [1.807, 2.05) is 13.8 Å². The first-order valence-electron chi connectivity index (χ1n) is 6.84. The number of hydrogen-bond donors (Lipinski definition) is 3. The predicted molar refractivity (Wildman–Crippen MR) is 80.5 cm³/mol. The van der Waals surface area contributed by atoms with Gasteiger partial charge in [0.25, 0.3) is 5.91 Å².